The van der Waals surface area contributed by atoms with Crippen LogP contribution in [0.5, 0.6) is 0 Å². The predicted molar refractivity (Wildman–Crippen MR) is 130 cm³/mol. The quantitative estimate of drug-likeness (QED) is 0.455. The minimum atomic E-state index is -0.768. The Labute approximate surface area is 205 Å². The number of amides is 1. The summed E-state index contributed by atoms with van der Waals surface area (Å²) in [7, 11) is 3.79. The maximum absolute atomic E-state index is 12.9. The van der Waals surface area contributed by atoms with Crippen molar-refractivity contribution < 1.29 is 23.9 Å². The molecule has 1 amide bonds. The first-order valence-electron chi connectivity index (χ1n) is 13.1. The number of piperidine rings is 2. The summed E-state index contributed by atoms with van der Waals surface area (Å²) in [6, 6.07) is 0. The highest BCUT2D eigenvalue weighted by atomic mass is 16.5. The molecule has 34 heavy (non-hydrogen) atoms. The third kappa shape index (κ3) is 6.79. The number of nitrogens with zero attached hydrogens (tertiary/aromatic N) is 3. The van der Waals surface area contributed by atoms with Crippen molar-refractivity contribution in [1.82, 2.24) is 14.7 Å². The van der Waals surface area contributed by atoms with Crippen LogP contribution in [-0.4, -0.2) is 104 Å². The molecular formula is C26H45N3O5. The minimum Gasteiger partial charge on any atom is -0.463 e. The zero-order chi connectivity index (χ0) is 24.8. The SMILES string of the molecule is CO[C@]1(C)CCCN(C)C2(CCN(C(=O)CN3CCCCC3)CC2)COC(=O)[C@H](C)C(=O)CC1. The van der Waals surface area contributed by atoms with Crippen LogP contribution in [0.4, 0.5) is 0 Å². The number of hydrogen-bond donors (Lipinski definition) is 0. The summed E-state index contributed by atoms with van der Waals surface area (Å²) >= 11 is 0. The number of ketones is 1. The molecular weight excluding hydrogens is 434 g/mol. The summed E-state index contributed by atoms with van der Waals surface area (Å²) < 4.78 is 11.5. The first-order chi connectivity index (χ1) is 16.2. The number of cyclic esters (lactones) is 1. The van der Waals surface area contributed by atoms with Gasteiger partial charge in [-0.05, 0) is 85.5 Å². The zero-order valence-electron chi connectivity index (χ0n) is 21.8. The summed E-state index contributed by atoms with van der Waals surface area (Å²) in [6.45, 7) is 8.67. The van der Waals surface area contributed by atoms with E-state index in [2.05, 4.69) is 16.8 Å². The second kappa shape index (κ2) is 12.0. The van der Waals surface area contributed by atoms with Gasteiger partial charge in [-0.25, -0.2) is 0 Å². The van der Waals surface area contributed by atoms with Crippen LogP contribution in [-0.2, 0) is 23.9 Å². The van der Waals surface area contributed by atoms with Gasteiger partial charge in [-0.2, -0.15) is 0 Å². The van der Waals surface area contributed by atoms with Gasteiger partial charge in [0.05, 0.1) is 17.7 Å². The lowest BCUT2D eigenvalue weighted by Crippen LogP contribution is -2.59. The predicted octanol–water partition coefficient (Wildman–Crippen LogP) is 2.49. The van der Waals surface area contributed by atoms with Gasteiger partial charge in [0, 0.05) is 26.6 Å². The molecule has 8 nitrogen and oxygen atoms in total. The molecule has 1 spiro atoms. The molecule has 0 bridgehead atoms. The maximum atomic E-state index is 12.9. The molecule has 3 aliphatic rings. The number of esters is 1. The molecule has 0 aliphatic carbocycles. The Hall–Kier alpha value is -1.51. The first kappa shape index (κ1) is 27.1. The van der Waals surface area contributed by atoms with Crippen molar-refractivity contribution in [2.75, 3.05) is 60.0 Å². The lowest BCUT2D eigenvalue weighted by molar-refractivity contribution is -0.157. The zero-order valence-corrected chi connectivity index (χ0v) is 21.8. The van der Waals surface area contributed by atoms with Crippen LogP contribution in [0, 0.1) is 5.92 Å². The molecule has 3 heterocycles. The van der Waals surface area contributed by atoms with Gasteiger partial charge in [-0.1, -0.05) is 6.42 Å². The number of hydrogen-bond acceptors (Lipinski definition) is 7. The molecule has 0 radical (unpaired) electrons. The molecule has 8 heteroatoms. The molecule has 3 saturated heterocycles. The number of ether oxygens (including phenoxy) is 2. The molecule has 194 valence electrons. The Morgan fingerprint density at radius 1 is 1.00 bits per heavy atom. The summed E-state index contributed by atoms with van der Waals surface area (Å²) in [6.07, 6.45) is 7.82. The first-order valence-corrected chi connectivity index (χ1v) is 13.1. The van der Waals surface area contributed by atoms with Crippen molar-refractivity contribution >= 4 is 17.7 Å². The summed E-state index contributed by atoms with van der Waals surface area (Å²) in [5.41, 5.74) is -0.705. The third-order valence-electron chi connectivity index (χ3n) is 8.58. The minimum absolute atomic E-state index is 0.0898. The second-order valence-electron chi connectivity index (χ2n) is 10.9. The number of Topliss-reactive ketones (excluding diaryl/α,β-unsaturated/α-hetero) is 1. The number of methoxy groups -OCH3 is 1. The van der Waals surface area contributed by atoms with E-state index in [9.17, 15) is 14.4 Å². The van der Waals surface area contributed by atoms with Crippen molar-refractivity contribution in [1.29, 1.82) is 0 Å². The van der Waals surface area contributed by atoms with E-state index in [0.717, 1.165) is 45.3 Å². The number of likely N-dealkylation sites (tertiary alicyclic amines) is 2. The second-order valence-corrected chi connectivity index (χ2v) is 10.9. The van der Waals surface area contributed by atoms with Gasteiger partial charge in [-0.15, -0.1) is 0 Å². The normalized spacial score (nSPS) is 30.8. The number of rotatable bonds is 3. The van der Waals surface area contributed by atoms with Crippen molar-refractivity contribution in [2.24, 2.45) is 5.92 Å². The van der Waals surface area contributed by atoms with E-state index >= 15 is 0 Å². The van der Waals surface area contributed by atoms with Crippen molar-refractivity contribution in [3.63, 3.8) is 0 Å². The number of likely N-dealkylation sites (N-methyl/N-ethyl adjacent to an activating group) is 1. The molecule has 3 rings (SSSR count). The van der Waals surface area contributed by atoms with Crippen LogP contribution in [0.2, 0.25) is 0 Å². The standard InChI is InChI=1S/C26H45N3O5/c1-21-22(30)9-11-25(2,33-4)10-8-14-27(3)26(20-34-24(21)32)12-17-29(18-13-26)23(31)19-28-15-6-5-7-16-28/h21H,5-20H2,1-4H3/t21-,25-/m1/s1. The molecule has 3 fully saturated rings. The Kier molecular flexibility index (Phi) is 9.52. The van der Waals surface area contributed by atoms with Gasteiger partial charge < -0.3 is 14.4 Å². The molecule has 0 N–H and O–H groups in total. The highest BCUT2D eigenvalue weighted by molar-refractivity contribution is 5.98. The van der Waals surface area contributed by atoms with E-state index < -0.39 is 11.9 Å². The van der Waals surface area contributed by atoms with E-state index in [1.807, 2.05) is 11.8 Å². The molecule has 0 aromatic carbocycles. The largest absolute Gasteiger partial charge is 0.463 e. The summed E-state index contributed by atoms with van der Waals surface area (Å²) in [5, 5.41) is 0. The van der Waals surface area contributed by atoms with Crippen LogP contribution in [0.15, 0.2) is 0 Å². The van der Waals surface area contributed by atoms with E-state index in [-0.39, 0.29) is 29.4 Å². The van der Waals surface area contributed by atoms with Gasteiger partial charge in [0.15, 0.2) is 0 Å². The molecule has 0 aromatic rings. The fraction of sp³-hybridized carbons (Fsp3) is 0.885. The van der Waals surface area contributed by atoms with Crippen LogP contribution < -0.4 is 0 Å². The van der Waals surface area contributed by atoms with Crippen LogP contribution in [0.3, 0.4) is 0 Å². The average Bonchev–Trinajstić information content (AvgIpc) is 2.86. The monoisotopic (exact) mass is 479 g/mol. The van der Waals surface area contributed by atoms with Crippen LogP contribution >= 0.6 is 0 Å². The van der Waals surface area contributed by atoms with E-state index in [4.69, 9.17) is 9.47 Å². The highest BCUT2D eigenvalue weighted by Crippen LogP contribution is 2.32. The fourth-order valence-corrected chi connectivity index (χ4v) is 5.54. The van der Waals surface area contributed by atoms with E-state index in [1.165, 1.54) is 19.3 Å². The van der Waals surface area contributed by atoms with Gasteiger partial charge in [0.2, 0.25) is 5.91 Å². The Balaban J connectivity index is 1.67. The van der Waals surface area contributed by atoms with Crippen molar-refractivity contribution in [2.45, 2.75) is 82.8 Å². The van der Waals surface area contributed by atoms with Crippen LogP contribution in [0.1, 0.15) is 71.6 Å². The Bertz CT molecular complexity index is 715. The number of carbonyl (C=O) groups is 3. The van der Waals surface area contributed by atoms with Crippen molar-refractivity contribution in [3.05, 3.63) is 0 Å². The van der Waals surface area contributed by atoms with Gasteiger partial charge in [0.1, 0.15) is 18.3 Å². The fourth-order valence-electron chi connectivity index (χ4n) is 5.54. The van der Waals surface area contributed by atoms with E-state index in [1.54, 1.807) is 14.0 Å². The summed E-state index contributed by atoms with van der Waals surface area (Å²) in [5.74, 6) is -1.10. The third-order valence-corrected chi connectivity index (χ3v) is 8.58. The number of carbonyl (C=O) groups excluding carboxylic acids is 3. The molecule has 0 saturated carbocycles. The topological polar surface area (TPSA) is 79.4 Å². The highest BCUT2D eigenvalue weighted by Gasteiger charge is 2.41. The van der Waals surface area contributed by atoms with E-state index in [0.29, 0.717) is 32.5 Å². The average molecular weight is 480 g/mol. The Morgan fingerprint density at radius 3 is 2.32 bits per heavy atom. The Morgan fingerprint density at radius 2 is 1.68 bits per heavy atom. The van der Waals surface area contributed by atoms with Crippen LogP contribution in [0.25, 0.3) is 0 Å². The summed E-state index contributed by atoms with van der Waals surface area (Å²) in [4.78, 5) is 44.8. The van der Waals surface area contributed by atoms with Gasteiger partial charge in [-0.3, -0.25) is 24.2 Å². The molecule has 0 aromatic heterocycles. The molecule has 0 unspecified atom stereocenters. The molecule has 2 atom stereocenters. The molecule has 3 aliphatic heterocycles. The van der Waals surface area contributed by atoms with Gasteiger partial charge >= 0.3 is 5.97 Å². The lowest BCUT2D eigenvalue weighted by atomic mass is 9.85. The van der Waals surface area contributed by atoms with Crippen molar-refractivity contribution in [3.8, 4) is 0 Å². The lowest BCUT2D eigenvalue weighted by Gasteiger charge is -2.47. The smallest absolute Gasteiger partial charge is 0.316 e. The van der Waals surface area contributed by atoms with Gasteiger partial charge in [0.25, 0.3) is 0 Å². The maximum Gasteiger partial charge on any atom is 0.316 e.